The van der Waals surface area contributed by atoms with Crippen LogP contribution in [0, 0.1) is 0 Å². The smallest absolute Gasteiger partial charge is 0.308 e. The molecule has 0 rings (SSSR count). The van der Waals surface area contributed by atoms with Crippen molar-refractivity contribution >= 4 is 5.97 Å². The van der Waals surface area contributed by atoms with Crippen LogP contribution in [0.15, 0.2) is 0 Å². The Morgan fingerprint density at radius 1 is 0.293 bits per heavy atom. The third-order valence-corrected chi connectivity index (χ3v) is 8.35. The van der Waals surface area contributed by atoms with Gasteiger partial charge in [0.15, 0.2) is 0 Å². The summed E-state index contributed by atoms with van der Waals surface area (Å²) in [5.74, 6) is -0.263. The van der Waals surface area contributed by atoms with E-state index in [0.717, 1.165) is 13.0 Å². The highest BCUT2D eigenvalue weighted by Gasteiger charge is 2.15. The number of carbonyl (C=O) groups is 1. The topological polar surface area (TPSA) is 137 Å². The van der Waals surface area contributed by atoms with E-state index in [0.29, 0.717) is 152 Å². The Labute approximate surface area is 353 Å². The van der Waals surface area contributed by atoms with Gasteiger partial charge in [0.25, 0.3) is 0 Å². The third kappa shape index (κ3) is 53.0. The fourth-order valence-electron chi connectivity index (χ4n) is 5.29. The second kappa shape index (κ2) is 48.7. The van der Waals surface area contributed by atoms with Crippen LogP contribution < -0.4 is 0 Å². The van der Waals surface area contributed by atoms with E-state index >= 15 is 0 Å². The summed E-state index contributed by atoms with van der Waals surface area (Å²) in [5, 5.41) is 0. The molecule has 0 aliphatic rings. The molecule has 0 amide bonds. The van der Waals surface area contributed by atoms with Gasteiger partial charge in [-0.15, -0.1) is 0 Å². The number of rotatable bonds is 50. The van der Waals surface area contributed by atoms with Crippen LogP contribution in [0.1, 0.15) is 118 Å². The molecule has 0 radical (unpaired) electrons. The zero-order chi connectivity index (χ0) is 42.1. The van der Waals surface area contributed by atoms with Crippen LogP contribution in [0.25, 0.3) is 0 Å². The van der Waals surface area contributed by atoms with Crippen molar-refractivity contribution in [2.24, 2.45) is 0 Å². The average Bonchev–Trinajstić information content (AvgIpc) is 3.19. The summed E-state index contributed by atoms with van der Waals surface area (Å²) in [6.45, 7) is 20.2. The second-order valence-corrected chi connectivity index (χ2v) is 14.9. The Bertz CT molecular complexity index is 786. The fraction of sp³-hybridized carbons (Fsp3) is 0.977. The molecule has 14 heteroatoms. The van der Waals surface area contributed by atoms with Crippen molar-refractivity contribution in [3.05, 3.63) is 0 Å². The van der Waals surface area contributed by atoms with Gasteiger partial charge < -0.3 is 61.6 Å². The van der Waals surface area contributed by atoms with Crippen LogP contribution in [-0.2, 0) is 66.4 Å². The molecule has 0 aromatic rings. The van der Waals surface area contributed by atoms with Crippen LogP contribution >= 0.6 is 0 Å². The molecule has 0 heterocycles. The number of hydrogen-bond acceptors (Lipinski definition) is 14. The summed E-state index contributed by atoms with van der Waals surface area (Å²) in [6, 6.07) is 0. The lowest BCUT2D eigenvalue weighted by Gasteiger charge is -2.19. The summed E-state index contributed by atoms with van der Waals surface area (Å²) in [7, 11) is 0. The second-order valence-electron chi connectivity index (χ2n) is 14.9. The molecule has 0 aliphatic heterocycles. The largest absolute Gasteiger partial charge is 0.460 e. The van der Waals surface area contributed by atoms with E-state index in [1.807, 2.05) is 20.8 Å². The zero-order valence-corrected chi connectivity index (χ0v) is 37.6. The van der Waals surface area contributed by atoms with Crippen molar-refractivity contribution in [3.8, 4) is 0 Å². The SMILES string of the molecule is CCCCCCCCCCCCCCCOCCOCCOCCOCCOCCOCCOCCOCCOCCOCCOCCOCCC(=O)OC(C)(C)C. The highest BCUT2D eigenvalue weighted by atomic mass is 16.6. The molecule has 0 unspecified atom stereocenters. The first-order valence-corrected chi connectivity index (χ1v) is 22.6. The van der Waals surface area contributed by atoms with Crippen LogP contribution in [0.4, 0.5) is 0 Å². The minimum Gasteiger partial charge on any atom is -0.460 e. The van der Waals surface area contributed by atoms with Crippen molar-refractivity contribution in [2.45, 2.75) is 123 Å². The summed E-state index contributed by atoms with van der Waals surface area (Å²) in [4.78, 5) is 11.6. The van der Waals surface area contributed by atoms with Gasteiger partial charge in [-0.1, -0.05) is 84.0 Å². The van der Waals surface area contributed by atoms with Crippen LogP contribution in [0.2, 0.25) is 0 Å². The fourth-order valence-corrected chi connectivity index (χ4v) is 5.29. The lowest BCUT2D eigenvalue weighted by Crippen LogP contribution is -2.24. The predicted octanol–water partition coefficient (Wildman–Crippen LogP) is 7.01. The first-order valence-electron chi connectivity index (χ1n) is 22.6. The first-order chi connectivity index (χ1) is 28.5. The average molecular weight is 841 g/mol. The number of unbranched alkanes of at least 4 members (excludes halogenated alkanes) is 12. The molecule has 58 heavy (non-hydrogen) atoms. The molecule has 0 N–H and O–H groups in total. The Balaban J connectivity index is 3.09. The third-order valence-electron chi connectivity index (χ3n) is 8.35. The van der Waals surface area contributed by atoms with Crippen LogP contribution in [0.3, 0.4) is 0 Å². The van der Waals surface area contributed by atoms with E-state index in [4.69, 9.17) is 61.6 Å². The lowest BCUT2D eigenvalue weighted by molar-refractivity contribution is -0.156. The van der Waals surface area contributed by atoms with E-state index < -0.39 is 5.60 Å². The van der Waals surface area contributed by atoms with Gasteiger partial charge in [-0.3, -0.25) is 4.79 Å². The minimum atomic E-state index is -0.474. The molecule has 14 nitrogen and oxygen atoms in total. The highest BCUT2D eigenvalue weighted by molar-refractivity contribution is 5.69. The standard InChI is InChI=1S/C44H88O14/c1-5-6-7-8-9-10-11-12-13-14-15-16-17-19-46-21-23-48-25-27-50-29-31-52-33-35-54-37-39-56-41-42-57-40-38-55-36-34-53-32-30-51-28-26-49-24-22-47-20-18-43(45)58-44(2,3)4/h5-42H2,1-4H3. The van der Waals surface area contributed by atoms with Gasteiger partial charge in [0, 0.05) is 6.61 Å². The van der Waals surface area contributed by atoms with Crippen molar-refractivity contribution in [3.63, 3.8) is 0 Å². The molecule has 0 saturated heterocycles. The highest BCUT2D eigenvalue weighted by Crippen LogP contribution is 2.12. The van der Waals surface area contributed by atoms with Gasteiger partial charge in [0.1, 0.15) is 5.60 Å². The molecule has 0 aliphatic carbocycles. The minimum absolute atomic E-state index is 0.233. The quantitative estimate of drug-likeness (QED) is 0.0459. The van der Waals surface area contributed by atoms with E-state index in [9.17, 15) is 4.79 Å². The van der Waals surface area contributed by atoms with E-state index in [2.05, 4.69) is 6.92 Å². The van der Waals surface area contributed by atoms with Gasteiger partial charge in [0.05, 0.1) is 158 Å². The van der Waals surface area contributed by atoms with Crippen molar-refractivity contribution in [1.82, 2.24) is 0 Å². The van der Waals surface area contributed by atoms with Crippen molar-refractivity contribution in [2.75, 3.05) is 159 Å². The molecular weight excluding hydrogens is 752 g/mol. The molecular formula is C44H88O14. The molecule has 0 saturated carbocycles. The number of carbonyl (C=O) groups excluding carboxylic acids is 1. The first kappa shape index (κ1) is 57.0. The Morgan fingerprint density at radius 3 is 0.741 bits per heavy atom. The van der Waals surface area contributed by atoms with Crippen molar-refractivity contribution in [1.29, 1.82) is 0 Å². The summed E-state index contributed by atoms with van der Waals surface area (Å²) >= 11 is 0. The van der Waals surface area contributed by atoms with E-state index in [-0.39, 0.29) is 12.4 Å². The Morgan fingerprint density at radius 2 is 0.500 bits per heavy atom. The van der Waals surface area contributed by atoms with Gasteiger partial charge >= 0.3 is 5.97 Å². The summed E-state index contributed by atoms with van der Waals surface area (Å²) in [5.41, 5.74) is -0.474. The Hall–Kier alpha value is -1.01. The molecule has 0 fully saturated rings. The number of esters is 1. The Kier molecular flexibility index (Phi) is 47.8. The molecule has 0 aromatic heterocycles. The molecule has 348 valence electrons. The normalized spacial score (nSPS) is 11.9. The lowest BCUT2D eigenvalue weighted by atomic mass is 10.0. The maximum absolute atomic E-state index is 11.6. The van der Waals surface area contributed by atoms with Gasteiger partial charge in [-0.25, -0.2) is 0 Å². The van der Waals surface area contributed by atoms with Gasteiger partial charge in [-0.2, -0.15) is 0 Å². The summed E-state index contributed by atoms with van der Waals surface area (Å²) < 4.78 is 71.4. The summed E-state index contributed by atoms with van der Waals surface area (Å²) in [6.07, 6.45) is 18.0. The number of ether oxygens (including phenoxy) is 13. The van der Waals surface area contributed by atoms with Crippen LogP contribution in [-0.4, -0.2) is 170 Å². The number of hydrogen-bond donors (Lipinski definition) is 0. The maximum Gasteiger partial charge on any atom is 0.308 e. The molecule has 0 atom stereocenters. The van der Waals surface area contributed by atoms with Crippen molar-refractivity contribution < 1.29 is 66.4 Å². The van der Waals surface area contributed by atoms with E-state index in [1.54, 1.807) is 0 Å². The maximum atomic E-state index is 11.6. The monoisotopic (exact) mass is 841 g/mol. The van der Waals surface area contributed by atoms with E-state index in [1.165, 1.54) is 77.0 Å². The molecule has 0 aromatic carbocycles. The molecule has 0 spiro atoms. The predicted molar refractivity (Wildman–Crippen MR) is 226 cm³/mol. The zero-order valence-electron chi connectivity index (χ0n) is 37.6. The van der Waals surface area contributed by atoms with Crippen LogP contribution in [0.5, 0.6) is 0 Å². The van der Waals surface area contributed by atoms with Gasteiger partial charge in [-0.05, 0) is 27.2 Å². The molecule has 0 bridgehead atoms. The van der Waals surface area contributed by atoms with Gasteiger partial charge in [0.2, 0.25) is 0 Å².